The van der Waals surface area contributed by atoms with Crippen molar-refractivity contribution in [3.63, 3.8) is 0 Å². The fourth-order valence-electron chi connectivity index (χ4n) is 2.78. The van der Waals surface area contributed by atoms with Gasteiger partial charge in [-0.25, -0.2) is 0 Å². The highest BCUT2D eigenvalue weighted by Crippen LogP contribution is 2.49. The molecule has 1 aromatic rings. The van der Waals surface area contributed by atoms with Crippen molar-refractivity contribution in [2.24, 2.45) is 10.8 Å². The van der Waals surface area contributed by atoms with Gasteiger partial charge in [-0.3, -0.25) is 0 Å². The standard InChI is InChI=1S/C13H24.C8H8/c1-10-8-7-9-11(10)13(5,6)12(2,3)4;1-2-8-6-4-3-5-7-8/h7-9H2,1-6H3;2-7H,1H2. The number of benzene rings is 1. The van der Waals surface area contributed by atoms with E-state index in [4.69, 9.17) is 0 Å². The Morgan fingerprint density at radius 1 is 0.952 bits per heavy atom. The normalized spacial score (nSPS) is 15.5. The molecule has 0 saturated carbocycles. The fourth-order valence-corrected chi connectivity index (χ4v) is 2.78. The van der Waals surface area contributed by atoms with E-state index in [1.54, 1.807) is 11.1 Å². The minimum absolute atomic E-state index is 0.369. The molecule has 116 valence electrons. The molecule has 0 unspecified atom stereocenters. The molecule has 0 fully saturated rings. The van der Waals surface area contributed by atoms with Gasteiger partial charge >= 0.3 is 0 Å². The SMILES string of the molecule is C=Cc1ccccc1.CC1=C(C(C)(C)C(C)(C)C)CCC1. The molecule has 0 atom stereocenters. The van der Waals surface area contributed by atoms with Gasteiger partial charge in [0.2, 0.25) is 0 Å². The van der Waals surface area contributed by atoms with Crippen LogP contribution in [0.1, 0.15) is 66.4 Å². The molecule has 0 spiro atoms. The highest BCUT2D eigenvalue weighted by Gasteiger charge is 2.37. The van der Waals surface area contributed by atoms with Crippen molar-refractivity contribution in [3.05, 3.63) is 53.6 Å². The Kier molecular flexibility index (Phi) is 6.01. The molecule has 0 heteroatoms. The predicted molar refractivity (Wildman–Crippen MR) is 96.3 cm³/mol. The minimum atomic E-state index is 0.369. The zero-order valence-corrected chi connectivity index (χ0v) is 14.8. The highest BCUT2D eigenvalue weighted by atomic mass is 14.4. The van der Waals surface area contributed by atoms with Crippen molar-refractivity contribution in [2.75, 3.05) is 0 Å². The lowest BCUT2D eigenvalue weighted by molar-refractivity contribution is 0.173. The second-order valence-corrected chi connectivity index (χ2v) is 7.60. The molecule has 0 nitrogen and oxygen atoms in total. The van der Waals surface area contributed by atoms with Gasteiger partial charge in [-0.2, -0.15) is 0 Å². The Morgan fingerprint density at radius 3 is 1.86 bits per heavy atom. The first-order valence-corrected chi connectivity index (χ1v) is 8.06. The van der Waals surface area contributed by atoms with E-state index in [0.717, 1.165) is 0 Å². The molecule has 0 aliphatic heterocycles. The first kappa shape index (κ1) is 17.8. The maximum absolute atomic E-state index is 3.63. The summed E-state index contributed by atoms with van der Waals surface area (Å²) in [7, 11) is 0. The van der Waals surface area contributed by atoms with E-state index in [1.807, 2.05) is 36.4 Å². The maximum atomic E-state index is 3.63. The molecular weight excluding hydrogens is 252 g/mol. The van der Waals surface area contributed by atoms with Gasteiger partial charge in [0.1, 0.15) is 0 Å². The van der Waals surface area contributed by atoms with E-state index in [1.165, 1.54) is 24.8 Å². The zero-order valence-electron chi connectivity index (χ0n) is 14.8. The largest absolute Gasteiger partial charge is 0.0985 e. The molecule has 2 rings (SSSR count). The third-order valence-corrected chi connectivity index (χ3v) is 5.16. The summed E-state index contributed by atoms with van der Waals surface area (Å²) in [6, 6.07) is 10.0. The van der Waals surface area contributed by atoms with Crippen molar-refractivity contribution in [2.45, 2.75) is 60.8 Å². The van der Waals surface area contributed by atoms with E-state index in [0.29, 0.717) is 10.8 Å². The zero-order chi connectivity index (χ0) is 16.1. The first-order chi connectivity index (χ1) is 9.70. The Morgan fingerprint density at radius 2 is 1.52 bits per heavy atom. The Bertz CT molecular complexity index is 481. The Balaban J connectivity index is 0.000000235. The smallest absolute Gasteiger partial charge is 0.00936 e. The van der Waals surface area contributed by atoms with Gasteiger partial charge in [0.05, 0.1) is 0 Å². The number of rotatable bonds is 2. The molecular formula is C21H32. The summed E-state index contributed by atoms with van der Waals surface area (Å²) in [6.45, 7) is 17.8. The minimum Gasteiger partial charge on any atom is -0.0985 e. The number of allylic oxidation sites excluding steroid dienone is 2. The summed E-state index contributed by atoms with van der Waals surface area (Å²) in [5.74, 6) is 0. The van der Waals surface area contributed by atoms with E-state index in [9.17, 15) is 0 Å². The summed E-state index contributed by atoms with van der Waals surface area (Å²) in [5, 5.41) is 0. The van der Waals surface area contributed by atoms with Crippen molar-refractivity contribution in [1.82, 2.24) is 0 Å². The lowest BCUT2D eigenvalue weighted by Crippen LogP contribution is -2.31. The summed E-state index contributed by atoms with van der Waals surface area (Å²) < 4.78 is 0. The van der Waals surface area contributed by atoms with Crippen LogP contribution in [-0.4, -0.2) is 0 Å². The molecule has 0 N–H and O–H groups in total. The summed E-state index contributed by atoms with van der Waals surface area (Å²) >= 11 is 0. The lowest BCUT2D eigenvalue weighted by atomic mass is 9.64. The molecule has 0 saturated heterocycles. The third kappa shape index (κ3) is 4.59. The van der Waals surface area contributed by atoms with Crippen molar-refractivity contribution < 1.29 is 0 Å². The van der Waals surface area contributed by atoms with Crippen LogP contribution < -0.4 is 0 Å². The van der Waals surface area contributed by atoms with Crippen LogP contribution in [0.5, 0.6) is 0 Å². The molecule has 1 aliphatic rings. The van der Waals surface area contributed by atoms with Gasteiger partial charge in [-0.05, 0) is 42.6 Å². The van der Waals surface area contributed by atoms with Gasteiger partial charge in [-0.1, -0.05) is 88.8 Å². The fraction of sp³-hybridized carbons (Fsp3) is 0.524. The average molecular weight is 284 g/mol. The van der Waals surface area contributed by atoms with Crippen molar-refractivity contribution >= 4 is 6.08 Å². The van der Waals surface area contributed by atoms with Gasteiger partial charge in [0.15, 0.2) is 0 Å². The predicted octanol–water partition coefficient (Wildman–Crippen LogP) is 6.89. The van der Waals surface area contributed by atoms with Crippen LogP contribution in [0, 0.1) is 10.8 Å². The van der Waals surface area contributed by atoms with Crippen LogP contribution in [0.2, 0.25) is 0 Å². The lowest BCUT2D eigenvalue weighted by Gasteiger charge is -2.41. The quantitative estimate of drug-likeness (QED) is 0.519. The molecule has 0 bridgehead atoms. The second-order valence-electron chi connectivity index (χ2n) is 7.60. The molecule has 0 heterocycles. The highest BCUT2D eigenvalue weighted by molar-refractivity contribution is 5.45. The molecule has 0 radical (unpaired) electrons. The van der Waals surface area contributed by atoms with Crippen molar-refractivity contribution in [3.8, 4) is 0 Å². The van der Waals surface area contributed by atoms with Gasteiger partial charge < -0.3 is 0 Å². The number of hydrogen-bond acceptors (Lipinski definition) is 0. The maximum Gasteiger partial charge on any atom is -0.00936 e. The molecule has 0 aromatic heterocycles. The van der Waals surface area contributed by atoms with Crippen LogP contribution in [-0.2, 0) is 0 Å². The van der Waals surface area contributed by atoms with Gasteiger partial charge in [0, 0.05) is 0 Å². The summed E-state index contributed by atoms with van der Waals surface area (Å²) in [5.41, 5.74) is 5.30. The van der Waals surface area contributed by atoms with E-state index >= 15 is 0 Å². The van der Waals surface area contributed by atoms with E-state index in [-0.39, 0.29) is 0 Å². The van der Waals surface area contributed by atoms with E-state index in [2.05, 4.69) is 48.1 Å². The average Bonchev–Trinajstić information content (AvgIpc) is 2.86. The number of hydrogen-bond donors (Lipinski definition) is 0. The summed E-state index contributed by atoms with van der Waals surface area (Å²) in [6.07, 6.45) is 5.87. The monoisotopic (exact) mass is 284 g/mol. The first-order valence-electron chi connectivity index (χ1n) is 8.06. The Hall–Kier alpha value is -1.30. The van der Waals surface area contributed by atoms with Crippen LogP contribution in [0.3, 0.4) is 0 Å². The Labute approximate surface area is 132 Å². The van der Waals surface area contributed by atoms with Gasteiger partial charge in [-0.15, -0.1) is 0 Å². The third-order valence-electron chi connectivity index (χ3n) is 5.16. The second kappa shape index (κ2) is 7.11. The van der Waals surface area contributed by atoms with Crippen LogP contribution in [0.15, 0.2) is 48.1 Å². The molecule has 1 aromatic carbocycles. The topological polar surface area (TPSA) is 0 Å². The van der Waals surface area contributed by atoms with Crippen molar-refractivity contribution in [1.29, 1.82) is 0 Å². The van der Waals surface area contributed by atoms with Crippen LogP contribution in [0.25, 0.3) is 6.08 Å². The molecule has 1 aliphatic carbocycles. The molecule has 0 amide bonds. The van der Waals surface area contributed by atoms with Crippen LogP contribution >= 0.6 is 0 Å². The van der Waals surface area contributed by atoms with Crippen LogP contribution in [0.4, 0.5) is 0 Å². The summed E-state index contributed by atoms with van der Waals surface area (Å²) in [4.78, 5) is 0. The van der Waals surface area contributed by atoms with Gasteiger partial charge in [0.25, 0.3) is 0 Å². The van der Waals surface area contributed by atoms with E-state index < -0.39 is 0 Å². The molecule has 21 heavy (non-hydrogen) atoms.